The van der Waals surface area contributed by atoms with Crippen molar-refractivity contribution in [2.24, 2.45) is 0 Å². The van der Waals surface area contributed by atoms with E-state index in [0.29, 0.717) is 36.5 Å². The summed E-state index contributed by atoms with van der Waals surface area (Å²) < 4.78 is 33.9. The highest BCUT2D eigenvalue weighted by atomic mass is 35.5. The Bertz CT molecular complexity index is 1090. The number of nitrogens with zero attached hydrogens (tertiary/aromatic N) is 3. The van der Waals surface area contributed by atoms with E-state index in [1.807, 2.05) is 13.0 Å². The molecule has 4 rings (SSSR count). The topological polar surface area (TPSA) is 45.7 Å². The molecule has 2 aromatic carbocycles. The van der Waals surface area contributed by atoms with Crippen molar-refractivity contribution in [3.8, 4) is 0 Å². The molecule has 0 radical (unpaired) electrons. The molecule has 158 valence electrons. The summed E-state index contributed by atoms with van der Waals surface area (Å²) >= 11 is 7.49. The Hall–Kier alpha value is -2.13. The predicted molar refractivity (Wildman–Crippen MR) is 115 cm³/mol. The van der Waals surface area contributed by atoms with Gasteiger partial charge >= 0.3 is 0 Å². The van der Waals surface area contributed by atoms with Crippen LogP contribution in [0.2, 0.25) is 5.02 Å². The molecule has 0 atom stereocenters. The third-order valence-electron chi connectivity index (χ3n) is 5.02. The number of anilines is 1. The largest absolute Gasteiger partial charge is 0.379 e. The number of halogens is 3. The lowest BCUT2D eigenvalue weighted by Gasteiger charge is -2.29. The fraction of sp³-hybridized carbons (Fsp3) is 0.333. The van der Waals surface area contributed by atoms with Crippen molar-refractivity contribution in [3.63, 3.8) is 0 Å². The summed E-state index contributed by atoms with van der Waals surface area (Å²) in [5.74, 6) is -2.17. The number of hydrogen-bond acceptors (Lipinski definition) is 5. The van der Waals surface area contributed by atoms with E-state index in [1.54, 1.807) is 6.07 Å². The molecular formula is C21H20ClF2N3O2S. The zero-order valence-corrected chi connectivity index (χ0v) is 17.9. The SMILES string of the molecule is Cc1cc(Cl)cc2sc(N(CCN3CCOCC3)C(=O)c3ccc(F)cc3F)nc12. The van der Waals surface area contributed by atoms with E-state index < -0.39 is 17.5 Å². The molecule has 1 amide bonds. The number of carbonyl (C=O) groups is 1. The van der Waals surface area contributed by atoms with Crippen molar-refractivity contribution in [1.29, 1.82) is 0 Å². The number of carbonyl (C=O) groups excluding carboxylic acids is 1. The van der Waals surface area contributed by atoms with Gasteiger partial charge in [0.25, 0.3) is 5.91 Å². The van der Waals surface area contributed by atoms with Gasteiger partial charge in [-0.05, 0) is 36.8 Å². The smallest absolute Gasteiger partial charge is 0.263 e. The Kier molecular flexibility index (Phi) is 6.29. The van der Waals surface area contributed by atoms with E-state index in [-0.39, 0.29) is 5.56 Å². The Morgan fingerprint density at radius 1 is 1.27 bits per heavy atom. The van der Waals surface area contributed by atoms with Crippen LogP contribution in [0.4, 0.5) is 13.9 Å². The van der Waals surface area contributed by atoms with Gasteiger partial charge in [0.1, 0.15) is 11.6 Å². The quantitative estimate of drug-likeness (QED) is 0.572. The zero-order chi connectivity index (χ0) is 21.3. The Morgan fingerprint density at radius 2 is 2.03 bits per heavy atom. The Morgan fingerprint density at radius 3 is 2.77 bits per heavy atom. The molecule has 2 heterocycles. The minimum atomic E-state index is -0.892. The molecule has 0 aliphatic carbocycles. The highest BCUT2D eigenvalue weighted by Crippen LogP contribution is 2.33. The summed E-state index contributed by atoms with van der Waals surface area (Å²) in [6.45, 7) is 5.62. The summed E-state index contributed by atoms with van der Waals surface area (Å²) in [6, 6.07) is 6.58. The Labute approximate surface area is 181 Å². The van der Waals surface area contributed by atoms with Crippen LogP contribution in [0.3, 0.4) is 0 Å². The predicted octanol–water partition coefficient (Wildman–Crippen LogP) is 4.52. The number of morpholine rings is 1. The minimum Gasteiger partial charge on any atom is -0.379 e. The second-order valence-electron chi connectivity index (χ2n) is 7.10. The molecule has 1 aliphatic rings. The average Bonchev–Trinajstić information content (AvgIpc) is 3.13. The number of thiazole rings is 1. The first kappa shape index (κ1) is 21.1. The van der Waals surface area contributed by atoms with Crippen LogP contribution in [0.15, 0.2) is 30.3 Å². The standard InChI is InChI=1S/C21H20ClF2N3O2S/c1-13-10-14(22)11-18-19(13)25-21(30-18)27(5-4-26-6-8-29-9-7-26)20(28)16-3-2-15(23)12-17(16)24/h2-3,10-12H,4-9H2,1H3. The second kappa shape index (κ2) is 8.93. The summed E-state index contributed by atoms with van der Waals surface area (Å²) in [7, 11) is 0. The van der Waals surface area contributed by atoms with Crippen LogP contribution < -0.4 is 4.90 Å². The molecule has 0 saturated carbocycles. The van der Waals surface area contributed by atoms with Gasteiger partial charge in [0.05, 0.1) is 29.0 Å². The first-order chi connectivity index (χ1) is 14.4. The number of ether oxygens (including phenoxy) is 1. The van der Waals surface area contributed by atoms with Gasteiger partial charge in [-0.2, -0.15) is 0 Å². The van der Waals surface area contributed by atoms with Crippen molar-refractivity contribution in [2.45, 2.75) is 6.92 Å². The van der Waals surface area contributed by atoms with Gasteiger partial charge in [0, 0.05) is 37.3 Å². The molecule has 5 nitrogen and oxygen atoms in total. The molecule has 3 aromatic rings. The number of aryl methyl sites for hydroxylation is 1. The van der Waals surface area contributed by atoms with Crippen LogP contribution in [-0.4, -0.2) is 55.2 Å². The van der Waals surface area contributed by atoms with Crippen molar-refractivity contribution in [2.75, 3.05) is 44.3 Å². The highest BCUT2D eigenvalue weighted by Gasteiger charge is 2.25. The van der Waals surface area contributed by atoms with Gasteiger partial charge in [0.15, 0.2) is 5.13 Å². The summed E-state index contributed by atoms with van der Waals surface area (Å²) in [5.41, 5.74) is 1.46. The van der Waals surface area contributed by atoms with E-state index in [1.165, 1.54) is 22.3 Å². The fourth-order valence-corrected chi connectivity index (χ4v) is 4.86. The van der Waals surface area contributed by atoms with Gasteiger partial charge in [-0.15, -0.1) is 0 Å². The normalized spacial score (nSPS) is 14.9. The van der Waals surface area contributed by atoms with E-state index in [0.717, 1.165) is 41.0 Å². The maximum Gasteiger partial charge on any atom is 0.263 e. The Balaban J connectivity index is 1.69. The monoisotopic (exact) mass is 451 g/mol. The van der Waals surface area contributed by atoms with E-state index in [9.17, 15) is 13.6 Å². The van der Waals surface area contributed by atoms with Crippen LogP contribution in [0.25, 0.3) is 10.2 Å². The second-order valence-corrected chi connectivity index (χ2v) is 8.55. The highest BCUT2D eigenvalue weighted by molar-refractivity contribution is 7.22. The van der Waals surface area contributed by atoms with Crippen LogP contribution in [-0.2, 0) is 4.74 Å². The van der Waals surface area contributed by atoms with Crippen molar-refractivity contribution in [3.05, 3.63) is 58.1 Å². The van der Waals surface area contributed by atoms with Crippen LogP contribution in [0.5, 0.6) is 0 Å². The molecule has 0 unspecified atom stereocenters. The van der Waals surface area contributed by atoms with Crippen molar-refractivity contribution < 1.29 is 18.3 Å². The number of benzene rings is 2. The molecular weight excluding hydrogens is 432 g/mol. The third-order valence-corrected chi connectivity index (χ3v) is 6.26. The summed E-state index contributed by atoms with van der Waals surface area (Å²) in [6.07, 6.45) is 0. The van der Waals surface area contributed by atoms with Gasteiger partial charge in [0.2, 0.25) is 0 Å². The molecule has 1 aromatic heterocycles. The zero-order valence-electron chi connectivity index (χ0n) is 16.3. The number of aromatic nitrogens is 1. The third kappa shape index (κ3) is 4.46. The number of rotatable bonds is 5. The van der Waals surface area contributed by atoms with Crippen molar-refractivity contribution >= 4 is 44.2 Å². The van der Waals surface area contributed by atoms with Crippen LogP contribution in [0.1, 0.15) is 15.9 Å². The van der Waals surface area contributed by atoms with Crippen LogP contribution in [0, 0.1) is 18.6 Å². The molecule has 1 fully saturated rings. The average molecular weight is 452 g/mol. The molecule has 30 heavy (non-hydrogen) atoms. The number of amides is 1. The first-order valence-corrected chi connectivity index (χ1v) is 10.8. The first-order valence-electron chi connectivity index (χ1n) is 9.56. The van der Waals surface area contributed by atoms with Gasteiger partial charge in [-0.3, -0.25) is 14.6 Å². The van der Waals surface area contributed by atoms with Crippen LogP contribution >= 0.6 is 22.9 Å². The molecule has 0 bridgehead atoms. The van der Waals surface area contributed by atoms with E-state index in [2.05, 4.69) is 9.88 Å². The van der Waals surface area contributed by atoms with Crippen molar-refractivity contribution in [1.82, 2.24) is 9.88 Å². The maximum atomic E-state index is 14.3. The summed E-state index contributed by atoms with van der Waals surface area (Å²) in [5, 5.41) is 1.04. The van der Waals surface area contributed by atoms with Gasteiger partial charge < -0.3 is 4.74 Å². The molecule has 0 N–H and O–H groups in total. The molecule has 0 spiro atoms. The lowest BCUT2D eigenvalue weighted by Crippen LogP contribution is -2.43. The lowest BCUT2D eigenvalue weighted by atomic mass is 10.2. The molecule has 1 aliphatic heterocycles. The summed E-state index contributed by atoms with van der Waals surface area (Å²) in [4.78, 5) is 21.5. The number of fused-ring (bicyclic) bond motifs is 1. The van der Waals surface area contributed by atoms with Gasteiger partial charge in [-0.1, -0.05) is 22.9 Å². The molecule has 9 heteroatoms. The van der Waals surface area contributed by atoms with E-state index >= 15 is 0 Å². The van der Waals surface area contributed by atoms with E-state index in [4.69, 9.17) is 16.3 Å². The maximum absolute atomic E-state index is 14.3. The lowest BCUT2D eigenvalue weighted by molar-refractivity contribution is 0.0391. The van der Waals surface area contributed by atoms with Gasteiger partial charge in [-0.25, -0.2) is 13.8 Å². The number of hydrogen-bond donors (Lipinski definition) is 0. The molecule has 1 saturated heterocycles. The fourth-order valence-electron chi connectivity index (χ4n) is 3.42. The minimum absolute atomic E-state index is 0.188.